The van der Waals surface area contributed by atoms with E-state index >= 15 is 0 Å². The first-order valence-electron chi connectivity index (χ1n) is 10.4. The number of nitrogens with zero attached hydrogens (tertiary/aromatic N) is 1. The van der Waals surface area contributed by atoms with Crippen molar-refractivity contribution in [3.05, 3.63) is 62.5 Å². The monoisotopic (exact) mass is 459 g/mol. The van der Waals surface area contributed by atoms with Crippen molar-refractivity contribution in [1.29, 1.82) is 0 Å². The number of benzene rings is 1. The minimum Gasteiger partial charge on any atom is -0.374 e. The minimum atomic E-state index is -0.239. The van der Waals surface area contributed by atoms with E-state index in [9.17, 15) is 9.59 Å². The molecule has 3 rings (SSSR count). The summed E-state index contributed by atoms with van der Waals surface area (Å²) in [5.74, 6) is 1.06. The molecule has 0 saturated carbocycles. The molecule has 2 heterocycles. The largest absolute Gasteiger partial charge is 0.374 e. The van der Waals surface area contributed by atoms with E-state index in [2.05, 4.69) is 15.3 Å². The van der Waals surface area contributed by atoms with Gasteiger partial charge in [-0.2, -0.15) is 0 Å². The lowest BCUT2D eigenvalue weighted by Gasteiger charge is -2.14. The van der Waals surface area contributed by atoms with E-state index < -0.39 is 0 Å². The van der Waals surface area contributed by atoms with E-state index in [1.165, 1.54) is 23.1 Å². The fourth-order valence-corrected chi connectivity index (χ4v) is 4.98. The van der Waals surface area contributed by atoms with Gasteiger partial charge in [-0.3, -0.25) is 9.59 Å². The van der Waals surface area contributed by atoms with Crippen LogP contribution in [0.2, 0.25) is 0 Å². The van der Waals surface area contributed by atoms with Crippen LogP contribution in [-0.2, 0) is 15.3 Å². The third-order valence-corrected chi connectivity index (χ3v) is 7.44. The van der Waals surface area contributed by atoms with Crippen LogP contribution in [0.4, 0.5) is 0 Å². The van der Waals surface area contributed by atoms with Crippen LogP contribution in [0.15, 0.2) is 35.1 Å². The highest BCUT2D eigenvalue weighted by Crippen LogP contribution is 2.26. The van der Waals surface area contributed by atoms with Gasteiger partial charge in [0.05, 0.1) is 22.5 Å². The SMILES string of the molecule is Cc1sc2nc(CSC(C)C(=O)NCCCOC(C)c3ccccc3)[nH]c(=O)c2c1C. The number of aryl methyl sites for hydroxylation is 2. The molecule has 0 saturated heterocycles. The van der Waals surface area contributed by atoms with Gasteiger partial charge < -0.3 is 15.0 Å². The molecule has 0 spiro atoms. The standard InChI is InChI=1S/C23H29N3O3S2/c1-14-16(3)31-23-20(14)22(28)25-19(26-23)13-30-17(4)21(27)24-11-8-12-29-15(2)18-9-6-5-7-10-18/h5-7,9-10,15,17H,8,11-13H2,1-4H3,(H,24,27)(H,25,26,28). The zero-order chi connectivity index (χ0) is 22.4. The number of thioether (sulfide) groups is 1. The molecule has 0 radical (unpaired) electrons. The summed E-state index contributed by atoms with van der Waals surface area (Å²) in [4.78, 5) is 34.0. The molecule has 0 fully saturated rings. The number of ether oxygens (including phenoxy) is 1. The molecule has 6 nitrogen and oxygen atoms in total. The lowest BCUT2D eigenvalue weighted by Crippen LogP contribution is -2.32. The van der Waals surface area contributed by atoms with E-state index in [0.717, 1.165) is 27.3 Å². The number of hydrogen-bond donors (Lipinski definition) is 2. The summed E-state index contributed by atoms with van der Waals surface area (Å²) in [7, 11) is 0. The summed E-state index contributed by atoms with van der Waals surface area (Å²) in [5, 5.41) is 3.39. The average molecular weight is 460 g/mol. The molecule has 1 amide bonds. The zero-order valence-electron chi connectivity index (χ0n) is 18.4. The molecule has 8 heteroatoms. The molecular weight excluding hydrogens is 430 g/mol. The van der Waals surface area contributed by atoms with Crippen molar-refractivity contribution in [2.75, 3.05) is 13.2 Å². The van der Waals surface area contributed by atoms with Gasteiger partial charge in [0.25, 0.3) is 5.56 Å². The second kappa shape index (κ2) is 10.9. The number of amides is 1. The number of hydrogen-bond acceptors (Lipinski definition) is 6. The molecule has 0 aliphatic heterocycles. The molecule has 2 unspecified atom stereocenters. The van der Waals surface area contributed by atoms with Crippen LogP contribution < -0.4 is 10.9 Å². The number of nitrogens with one attached hydrogen (secondary N) is 2. The number of H-pyrrole nitrogens is 1. The van der Waals surface area contributed by atoms with E-state index in [4.69, 9.17) is 4.74 Å². The summed E-state index contributed by atoms with van der Waals surface area (Å²) in [6, 6.07) is 10.1. The maximum absolute atomic E-state index is 12.4. The number of fused-ring (bicyclic) bond motifs is 1. The number of rotatable bonds is 10. The highest BCUT2D eigenvalue weighted by atomic mass is 32.2. The second-order valence-corrected chi connectivity index (χ2v) is 10.0. The molecule has 166 valence electrons. The molecule has 2 aromatic heterocycles. The first-order valence-corrected chi connectivity index (χ1v) is 12.3. The normalized spacial score (nSPS) is 13.3. The fourth-order valence-electron chi connectivity index (χ4n) is 3.16. The molecule has 2 N–H and O–H groups in total. The van der Waals surface area contributed by atoms with Crippen molar-refractivity contribution in [3.63, 3.8) is 0 Å². The van der Waals surface area contributed by atoms with Crippen LogP contribution in [0.3, 0.4) is 0 Å². The van der Waals surface area contributed by atoms with Crippen molar-refractivity contribution >= 4 is 39.2 Å². The predicted molar refractivity (Wildman–Crippen MR) is 129 cm³/mol. The molecule has 1 aromatic carbocycles. The summed E-state index contributed by atoms with van der Waals surface area (Å²) >= 11 is 2.99. The maximum Gasteiger partial charge on any atom is 0.259 e. The van der Waals surface area contributed by atoms with Crippen LogP contribution in [0.25, 0.3) is 10.2 Å². The van der Waals surface area contributed by atoms with Gasteiger partial charge in [0.15, 0.2) is 0 Å². The first-order chi connectivity index (χ1) is 14.9. The third kappa shape index (κ3) is 6.18. The predicted octanol–water partition coefficient (Wildman–Crippen LogP) is 4.51. The van der Waals surface area contributed by atoms with Crippen LogP contribution >= 0.6 is 23.1 Å². The Labute approximate surface area is 190 Å². The lowest BCUT2D eigenvalue weighted by molar-refractivity contribution is -0.120. The molecular formula is C23H29N3O3S2. The van der Waals surface area contributed by atoms with Crippen molar-refractivity contribution < 1.29 is 9.53 Å². The molecule has 0 bridgehead atoms. The number of carbonyl (C=O) groups is 1. The van der Waals surface area contributed by atoms with Crippen molar-refractivity contribution in [3.8, 4) is 0 Å². The summed E-state index contributed by atoms with van der Waals surface area (Å²) < 4.78 is 5.83. The van der Waals surface area contributed by atoms with E-state index in [1.54, 1.807) is 0 Å². The Morgan fingerprint density at radius 3 is 2.74 bits per heavy atom. The summed E-state index contributed by atoms with van der Waals surface area (Å²) in [6.07, 6.45) is 0.789. The number of aromatic nitrogens is 2. The van der Waals surface area contributed by atoms with Crippen LogP contribution in [0.1, 0.15) is 48.2 Å². The zero-order valence-corrected chi connectivity index (χ0v) is 20.0. The number of carbonyl (C=O) groups excluding carboxylic acids is 1. The van der Waals surface area contributed by atoms with Gasteiger partial charge in [-0.25, -0.2) is 4.98 Å². The first kappa shape index (κ1) is 23.5. The number of thiophene rings is 1. The average Bonchev–Trinajstić information content (AvgIpc) is 3.05. The van der Waals surface area contributed by atoms with E-state index in [1.807, 2.05) is 58.0 Å². The Bertz CT molecular complexity index is 1080. The Balaban J connectivity index is 1.40. The smallest absolute Gasteiger partial charge is 0.259 e. The topological polar surface area (TPSA) is 84.1 Å². The molecule has 31 heavy (non-hydrogen) atoms. The Morgan fingerprint density at radius 1 is 1.26 bits per heavy atom. The molecule has 3 aromatic rings. The van der Waals surface area contributed by atoms with Gasteiger partial charge in [0.1, 0.15) is 10.7 Å². The lowest BCUT2D eigenvalue weighted by atomic mass is 10.1. The molecule has 2 atom stereocenters. The highest BCUT2D eigenvalue weighted by Gasteiger charge is 2.16. The van der Waals surface area contributed by atoms with Crippen LogP contribution in [-0.4, -0.2) is 34.3 Å². The molecule has 0 aliphatic carbocycles. The number of aromatic amines is 1. The van der Waals surface area contributed by atoms with Crippen molar-refractivity contribution in [2.45, 2.75) is 51.2 Å². The molecule has 0 aliphatic rings. The quantitative estimate of drug-likeness (QED) is 0.436. The maximum atomic E-state index is 12.4. The fraction of sp³-hybridized carbons (Fsp3) is 0.435. The van der Waals surface area contributed by atoms with E-state index in [0.29, 0.717) is 30.1 Å². The van der Waals surface area contributed by atoms with Gasteiger partial charge in [0.2, 0.25) is 5.91 Å². The Kier molecular flexibility index (Phi) is 8.28. The van der Waals surface area contributed by atoms with E-state index in [-0.39, 0.29) is 22.8 Å². The summed E-state index contributed by atoms with van der Waals surface area (Å²) in [5.41, 5.74) is 2.03. The van der Waals surface area contributed by atoms with Gasteiger partial charge in [0, 0.05) is 18.0 Å². The van der Waals surface area contributed by atoms with Gasteiger partial charge in [-0.15, -0.1) is 23.1 Å². The second-order valence-electron chi connectivity index (χ2n) is 7.50. The Morgan fingerprint density at radius 2 is 2.00 bits per heavy atom. The van der Waals surface area contributed by atoms with Crippen LogP contribution in [0.5, 0.6) is 0 Å². The van der Waals surface area contributed by atoms with Crippen molar-refractivity contribution in [2.24, 2.45) is 0 Å². The minimum absolute atomic E-state index is 0.0210. The van der Waals surface area contributed by atoms with Crippen LogP contribution in [0, 0.1) is 13.8 Å². The summed E-state index contributed by atoms with van der Waals surface area (Å²) in [6.45, 7) is 8.99. The van der Waals surface area contributed by atoms with Gasteiger partial charge in [-0.1, -0.05) is 30.3 Å². The third-order valence-electron chi connectivity index (χ3n) is 5.18. The highest BCUT2D eigenvalue weighted by molar-refractivity contribution is 7.99. The Hall–Kier alpha value is -2.16. The van der Waals surface area contributed by atoms with Gasteiger partial charge in [-0.05, 0) is 45.2 Å². The van der Waals surface area contributed by atoms with Gasteiger partial charge >= 0.3 is 0 Å². The van der Waals surface area contributed by atoms with Crippen molar-refractivity contribution in [1.82, 2.24) is 15.3 Å².